The van der Waals surface area contributed by atoms with Crippen molar-refractivity contribution < 1.29 is 24.7 Å². The number of benzene rings is 2. The summed E-state index contributed by atoms with van der Waals surface area (Å²) in [5.41, 5.74) is 2.21. The zero-order valence-corrected chi connectivity index (χ0v) is 19.3. The zero-order chi connectivity index (χ0) is 23.9. The van der Waals surface area contributed by atoms with Crippen molar-refractivity contribution in [3.8, 4) is 11.5 Å². The number of carbonyl (C=O) groups excluding carboxylic acids is 1. The van der Waals surface area contributed by atoms with Crippen molar-refractivity contribution >= 4 is 6.16 Å². The Labute approximate surface area is 187 Å². The van der Waals surface area contributed by atoms with Crippen LogP contribution < -0.4 is 0 Å². The summed E-state index contributed by atoms with van der Waals surface area (Å²) in [5.74, 6) is 0.267. The lowest BCUT2D eigenvalue weighted by molar-refractivity contribution is 0.0455. The van der Waals surface area contributed by atoms with E-state index >= 15 is 0 Å². The monoisotopic (exact) mass is 442 g/mol. The first-order valence-electron chi connectivity index (χ1n) is 10.2. The Bertz CT molecular complexity index is 925. The van der Waals surface area contributed by atoms with Gasteiger partial charge in [-0.15, -0.1) is 10.2 Å². The van der Waals surface area contributed by atoms with Crippen molar-refractivity contribution in [2.45, 2.75) is 65.5 Å². The molecule has 0 spiro atoms. The molecule has 172 valence electrons. The highest BCUT2D eigenvalue weighted by Gasteiger charge is 2.20. The Balaban J connectivity index is 1.85. The van der Waals surface area contributed by atoms with E-state index in [1.807, 2.05) is 65.8 Å². The van der Waals surface area contributed by atoms with Crippen molar-refractivity contribution in [2.24, 2.45) is 20.8 Å². The van der Waals surface area contributed by atoms with Gasteiger partial charge in [0.25, 0.3) is 0 Å². The van der Waals surface area contributed by atoms with Crippen LogP contribution in [0.5, 0.6) is 11.5 Å². The van der Waals surface area contributed by atoms with Crippen LogP contribution >= 0.6 is 0 Å². The molecule has 0 aliphatic carbocycles. The van der Waals surface area contributed by atoms with Gasteiger partial charge in [-0.2, -0.15) is 4.79 Å². The molecule has 9 heteroatoms. The van der Waals surface area contributed by atoms with Gasteiger partial charge in [0.05, 0.1) is 13.1 Å². The number of phenols is 2. The molecule has 0 unspecified atom stereocenters. The highest BCUT2D eigenvalue weighted by Crippen LogP contribution is 2.34. The number of rotatable bonds is 6. The first kappa shape index (κ1) is 24.8. The number of hydrogen-bond donors (Lipinski definition) is 2. The number of carbonyl (C=O) groups is 1. The van der Waals surface area contributed by atoms with Crippen LogP contribution in [0.1, 0.15) is 63.8 Å². The summed E-state index contributed by atoms with van der Waals surface area (Å²) in [6, 6.07) is 10.7. The van der Waals surface area contributed by atoms with Crippen molar-refractivity contribution in [1.82, 2.24) is 0 Å². The lowest BCUT2D eigenvalue weighted by Crippen LogP contribution is -2.11. The Hall–Kier alpha value is -3.49. The van der Waals surface area contributed by atoms with Gasteiger partial charge in [-0.3, -0.25) is 9.68 Å². The number of phenolic OH excluding ortho intramolecular Hbond substituents is 2. The molecule has 9 nitrogen and oxygen atoms in total. The van der Waals surface area contributed by atoms with Gasteiger partial charge in [-0.1, -0.05) is 77.9 Å². The van der Waals surface area contributed by atoms with E-state index in [1.54, 1.807) is 12.1 Å². The van der Waals surface area contributed by atoms with Crippen LogP contribution in [-0.4, -0.2) is 16.4 Å². The number of aromatic hydroxyl groups is 2. The predicted octanol–water partition coefficient (Wildman–Crippen LogP) is 6.28. The fourth-order valence-corrected chi connectivity index (χ4v) is 3.00. The quantitative estimate of drug-likeness (QED) is 0.402. The Kier molecular flexibility index (Phi) is 7.91. The average Bonchev–Trinajstić information content (AvgIpc) is 2.69. The molecule has 0 saturated carbocycles. The standard InChI is InChI=1S/C23H30N4O5/c1-22(2,3)17-11-7-9-15(19(17)28)13-24-26-31-21(30)32-27-25-14-16-10-8-12-18(20(16)29)23(4,5)6/h7-12,28-29H,13-14H2,1-6H3/b26-24+,27-25+. The third-order valence-corrected chi connectivity index (χ3v) is 4.68. The Morgan fingerprint density at radius 2 is 1.12 bits per heavy atom. The smallest absolute Gasteiger partial charge is 0.507 e. The molecule has 0 saturated heterocycles. The normalized spacial score (nSPS) is 12.4. The zero-order valence-electron chi connectivity index (χ0n) is 19.3. The first-order valence-corrected chi connectivity index (χ1v) is 10.2. The molecule has 32 heavy (non-hydrogen) atoms. The van der Waals surface area contributed by atoms with Gasteiger partial charge in [0.15, 0.2) is 0 Å². The van der Waals surface area contributed by atoms with Crippen LogP contribution in [0.4, 0.5) is 4.79 Å². The van der Waals surface area contributed by atoms with E-state index in [2.05, 4.69) is 30.5 Å². The molecule has 2 rings (SSSR count). The maximum Gasteiger partial charge on any atom is 0.565 e. The van der Waals surface area contributed by atoms with Crippen molar-refractivity contribution in [3.63, 3.8) is 0 Å². The topological polar surface area (TPSA) is 125 Å². The number of para-hydroxylation sites is 2. The first-order chi connectivity index (χ1) is 14.9. The molecule has 0 bridgehead atoms. The van der Waals surface area contributed by atoms with Gasteiger partial charge < -0.3 is 10.2 Å². The SMILES string of the molecule is CC(C)(C)c1cccc(C/N=N/OC(=O)O/N=N/Cc2cccc(C(C)(C)C)c2O)c1O. The number of nitrogens with zero attached hydrogens (tertiary/aromatic N) is 4. The minimum Gasteiger partial charge on any atom is -0.507 e. The molecule has 0 radical (unpaired) electrons. The van der Waals surface area contributed by atoms with Crippen LogP contribution in [0.2, 0.25) is 0 Å². The predicted molar refractivity (Wildman–Crippen MR) is 118 cm³/mol. The second kappa shape index (κ2) is 10.2. The van der Waals surface area contributed by atoms with Gasteiger partial charge in [0.1, 0.15) is 11.5 Å². The van der Waals surface area contributed by atoms with Crippen LogP contribution in [-0.2, 0) is 33.6 Å². The molecule has 0 aromatic heterocycles. The fourth-order valence-electron chi connectivity index (χ4n) is 3.00. The second-order valence-corrected chi connectivity index (χ2v) is 9.32. The molecule has 0 aliphatic heterocycles. The molecule has 0 aliphatic rings. The minimum atomic E-state index is -1.21. The molecule has 0 amide bonds. The highest BCUT2D eigenvalue weighted by molar-refractivity contribution is 5.59. The Morgan fingerprint density at radius 1 is 0.750 bits per heavy atom. The van der Waals surface area contributed by atoms with E-state index in [0.717, 1.165) is 11.1 Å². The van der Waals surface area contributed by atoms with Gasteiger partial charge in [-0.25, -0.2) is 0 Å². The van der Waals surface area contributed by atoms with E-state index < -0.39 is 6.16 Å². The van der Waals surface area contributed by atoms with E-state index in [4.69, 9.17) is 0 Å². The van der Waals surface area contributed by atoms with Gasteiger partial charge in [-0.05, 0) is 22.0 Å². The van der Waals surface area contributed by atoms with Crippen LogP contribution in [0, 0.1) is 0 Å². The average molecular weight is 443 g/mol. The van der Waals surface area contributed by atoms with Crippen LogP contribution in [0.25, 0.3) is 0 Å². The third kappa shape index (κ3) is 6.76. The van der Waals surface area contributed by atoms with Gasteiger partial charge in [0.2, 0.25) is 0 Å². The maximum atomic E-state index is 11.5. The van der Waals surface area contributed by atoms with Crippen LogP contribution in [0.3, 0.4) is 0 Å². The van der Waals surface area contributed by atoms with Crippen molar-refractivity contribution in [3.05, 3.63) is 58.7 Å². The molecular weight excluding hydrogens is 412 g/mol. The third-order valence-electron chi connectivity index (χ3n) is 4.68. The molecule has 0 heterocycles. The summed E-state index contributed by atoms with van der Waals surface area (Å²) < 4.78 is 0. The van der Waals surface area contributed by atoms with E-state index in [1.165, 1.54) is 0 Å². The summed E-state index contributed by atoms with van der Waals surface area (Å²) in [5, 5.41) is 34.8. The van der Waals surface area contributed by atoms with Gasteiger partial charge in [0, 0.05) is 21.7 Å². The highest BCUT2D eigenvalue weighted by atomic mass is 16.9. The summed E-state index contributed by atoms with van der Waals surface area (Å²) in [4.78, 5) is 20.4. The number of hydrogen-bond acceptors (Lipinski definition) is 9. The molecule has 0 atom stereocenters. The van der Waals surface area contributed by atoms with E-state index in [-0.39, 0.29) is 35.4 Å². The fraction of sp³-hybridized carbons (Fsp3) is 0.435. The van der Waals surface area contributed by atoms with E-state index in [9.17, 15) is 15.0 Å². The summed E-state index contributed by atoms with van der Waals surface area (Å²) in [6.07, 6.45) is -1.21. The molecule has 2 aromatic rings. The lowest BCUT2D eigenvalue weighted by atomic mass is 9.85. The molecule has 2 aromatic carbocycles. The van der Waals surface area contributed by atoms with Crippen molar-refractivity contribution in [2.75, 3.05) is 0 Å². The van der Waals surface area contributed by atoms with E-state index in [0.29, 0.717) is 11.1 Å². The second-order valence-electron chi connectivity index (χ2n) is 9.32. The molecule has 0 fully saturated rings. The summed E-state index contributed by atoms with van der Waals surface area (Å²) in [6.45, 7) is 12.0. The molecule has 2 N–H and O–H groups in total. The van der Waals surface area contributed by atoms with Crippen LogP contribution in [0.15, 0.2) is 57.2 Å². The Morgan fingerprint density at radius 3 is 1.47 bits per heavy atom. The van der Waals surface area contributed by atoms with Gasteiger partial charge >= 0.3 is 6.16 Å². The molecular formula is C23H30N4O5. The maximum absolute atomic E-state index is 11.5. The lowest BCUT2D eigenvalue weighted by Gasteiger charge is -2.21. The minimum absolute atomic E-state index is 0.0218. The largest absolute Gasteiger partial charge is 0.565 e. The summed E-state index contributed by atoms with van der Waals surface area (Å²) in [7, 11) is 0. The van der Waals surface area contributed by atoms with Crippen molar-refractivity contribution in [1.29, 1.82) is 0 Å². The summed E-state index contributed by atoms with van der Waals surface area (Å²) >= 11 is 0.